The number of anilines is 1. The Labute approximate surface area is 124 Å². The molecule has 1 aromatic carbocycles. The summed E-state index contributed by atoms with van der Waals surface area (Å²) in [5.41, 5.74) is 0.804. The molecule has 2 aromatic rings. The maximum Gasteiger partial charge on any atom is 0.133 e. The third kappa shape index (κ3) is 3.38. The number of nitrogens with one attached hydrogen (secondary N) is 1. The summed E-state index contributed by atoms with van der Waals surface area (Å²) in [6.45, 7) is 4.88. The predicted octanol–water partition coefficient (Wildman–Crippen LogP) is 3.88. The van der Waals surface area contributed by atoms with Gasteiger partial charge in [-0.15, -0.1) is 0 Å². The number of halogens is 1. The van der Waals surface area contributed by atoms with Gasteiger partial charge in [0.25, 0.3) is 0 Å². The zero-order valence-electron chi connectivity index (χ0n) is 12.4. The van der Waals surface area contributed by atoms with Crippen LogP contribution < -0.4 is 5.32 Å². The lowest BCUT2D eigenvalue weighted by molar-refractivity contribution is 0.545. The van der Waals surface area contributed by atoms with Gasteiger partial charge in [0.05, 0.1) is 0 Å². The van der Waals surface area contributed by atoms with Crippen LogP contribution in [0.15, 0.2) is 36.5 Å². The summed E-state index contributed by atoms with van der Waals surface area (Å²) in [5.74, 6) is 2.13. The Hall–Kier alpha value is -1.97. The maximum absolute atomic E-state index is 13.4. The van der Waals surface area contributed by atoms with E-state index in [4.69, 9.17) is 0 Å². The topological polar surface area (TPSA) is 37.8 Å². The molecule has 1 aliphatic rings. The number of aromatic nitrogens is 2. The number of hydrogen-bond donors (Lipinski definition) is 1. The van der Waals surface area contributed by atoms with Crippen molar-refractivity contribution < 1.29 is 4.39 Å². The Morgan fingerprint density at radius 1 is 1.29 bits per heavy atom. The molecule has 0 saturated heterocycles. The van der Waals surface area contributed by atoms with E-state index in [9.17, 15) is 4.39 Å². The van der Waals surface area contributed by atoms with Crippen LogP contribution in [0.4, 0.5) is 10.2 Å². The van der Waals surface area contributed by atoms with Crippen molar-refractivity contribution in [2.24, 2.45) is 0 Å². The standard InChI is InChI=1S/C17H20FN3/c1-17(2,13-4-3-5-14(18)10-13)11-20-15-8-9-19-16(21-15)12-6-7-12/h3-5,8-10,12H,6-7,11H2,1-2H3,(H,19,20,21). The molecule has 0 aliphatic heterocycles. The van der Waals surface area contributed by atoms with Gasteiger partial charge in [0.1, 0.15) is 17.5 Å². The molecule has 4 heteroatoms. The van der Waals surface area contributed by atoms with Crippen LogP contribution in [0.1, 0.15) is 44.0 Å². The largest absolute Gasteiger partial charge is 0.369 e. The van der Waals surface area contributed by atoms with E-state index in [1.807, 2.05) is 12.1 Å². The fraction of sp³-hybridized carbons (Fsp3) is 0.412. The summed E-state index contributed by atoms with van der Waals surface area (Å²) in [6.07, 6.45) is 4.19. The third-order valence-corrected chi connectivity index (χ3v) is 3.93. The molecule has 3 nitrogen and oxygen atoms in total. The molecule has 1 saturated carbocycles. The highest BCUT2D eigenvalue weighted by Gasteiger charge is 2.27. The molecule has 0 unspecified atom stereocenters. The molecule has 1 N–H and O–H groups in total. The molecule has 0 spiro atoms. The van der Waals surface area contributed by atoms with E-state index in [1.165, 1.54) is 18.9 Å². The van der Waals surface area contributed by atoms with Gasteiger partial charge in [-0.1, -0.05) is 26.0 Å². The first-order valence-corrected chi connectivity index (χ1v) is 7.37. The molecule has 0 bridgehead atoms. The molecule has 1 aromatic heterocycles. The Kier molecular flexibility index (Phi) is 3.62. The number of hydrogen-bond acceptors (Lipinski definition) is 3. The van der Waals surface area contributed by atoms with E-state index in [0.717, 1.165) is 17.2 Å². The van der Waals surface area contributed by atoms with E-state index in [-0.39, 0.29) is 11.2 Å². The number of nitrogens with zero attached hydrogens (tertiary/aromatic N) is 2. The lowest BCUT2D eigenvalue weighted by Gasteiger charge is -2.26. The van der Waals surface area contributed by atoms with Crippen LogP contribution in [0.2, 0.25) is 0 Å². The van der Waals surface area contributed by atoms with Gasteiger partial charge in [-0.05, 0) is 36.6 Å². The molecule has 110 valence electrons. The van der Waals surface area contributed by atoms with Gasteiger partial charge in [-0.2, -0.15) is 0 Å². The van der Waals surface area contributed by atoms with Crippen molar-refractivity contribution in [3.63, 3.8) is 0 Å². The fourth-order valence-corrected chi connectivity index (χ4v) is 2.33. The smallest absolute Gasteiger partial charge is 0.133 e. The van der Waals surface area contributed by atoms with Gasteiger partial charge in [0.15, 0.2) is 0 Å². The van der Waals surface area contributed by atoms with Gasteiger partial charge in [0, 0.05) is 24.1 Å². The minimum absolute atomic E-state index is 0.174. The molecule has 0 atom stereocenters. The van der Waals surface area contributed by atoms with Crippen LogP contribution in [0.5, 0.6) is 0 Å². The van der Waals surface area contributed by atoms with Gasteiger partial charge in [-0.3, -0.25) is 0 Å². The highest BCUT2D eigenvalue weighted by molar-refractivity contribution is 5.36. The van der Waals surface area contributed by atoms with Crippen LogP contribution >= 0.6 is 0 Å². The number of rotatable bonds is 5. The average Bonchev–Trinajstić information content (AvgIpc) is 3.30. The van der Waals surface area contributed by atoms with Gasteiger partial charge in [0.2, 0.25) is 0 Å². The molecule has 0 amide bonds. The second kappa shape index (κ2) is 5.43. The minimum Gasteiger partial charge on any atom is -0.369 e. The van der Waals surface area contributed by atoms with Crippen molar-refractivity contribution in [1.29, 1.82) is 0 Å². The first kappa shape index (κ1) is 14.0. The Balaban J connectivity index is 1.69. The highest BCUT2D eigenvalue weighted by atomic mass is 19.1. The third-order valence-electron chi connectivity index (χ3n) is 3.93. The molecule has 1 heterocycles. The van der Waals surface area contributed by atoms with E-state index in [1.54, 1.807) is 18.3 Å². The zero-order chi connectivity index (χ0) is 14.9. The van der Waals surface area contributed by atoms with Crippen LogP contribution in [-0.2, 0) is 5.41 Å². The first-order valence-electron chi connectivity index (χ1n) is 7.37. The SMILES string of the molecule is CC(C)(CNc1ccnc(C2CC2)n1)c1cccc(F)c1. The molecule has 1 fully saturated rings. The molecule has 3 rings (SSSR count). The molecule has 21 heavy (non-hydrogen) atoms. The number of benzene rings is 1. The predicted molar refractivity (Wildman–Crippen MR) is 81.9 cm³/mol. The summed E-state index contributed by atoms with van der Waals surface area (Å²) in [6, 6.07) is 8.66. The lowest BCUT2D eigenvalue weighted by atomic mass is 9.84. The Bertz CT molecular complexity index is 635. The highest BCUT2D eigenvalue weighted by Crippen LogP contribution is 2.38. The van der Waals surface area contributed by atoms with Crippen molar-refractivity contribution >= 4 is 5.82 Å². The van der Waals surface area contributed by atoms with Crippen LogP contribution in [-0.4, -0.2) is 16.5 Å². The maximum atomic E-state index is 13.4. The molecule has 0 radical (unpaired) electrons. The second-order valence-corrected chi connectivity index (χ2v) is 6.32. The monoisotopic (exact) mass is 285 g/mol. The Morgan fingerprint density at radius 2 is 2.10 bits per heavy atom. The second-order valence-electron chi connectivity index (χ2n) is 6.32. The van der Waals surface area contributed by atoms with Gasteiger partial charge >= 0.3 is 0 Å². The van der Waals surface area contributed by atoms with Crippen molar-refractivity contribution in [3.8, 4) is 0 Å². The van der Waals surface area contributed by atoms with E-state index < -0.39 is 0 Å². The molecule has 1 aliphatic carbocycles. The first-order chi connectivity index (χ1) is 10.0. The normalized spacial score (nSPS) is 15.0. The quantitative estimate of drug-likeness (QED) is 0.906. The van der Waals surface area contributed by atoms with E-state index >= 15 is 0 Å². The average molecular weight is 285 g/mol. The van der Waals surface area contributed by atoms with Gasteiger partial charge in [-0.25, -0.2) is 14.4 Å². The summed E-state index contributed by atoms with van der Waals surface area (Å²) < 4.78 is 13.4. The minimum atomic E-state index is -0.196. The zero-order valence-corrected chi connectivity index (χ0v) is 12.4. The molecular formula is C17H20FN3. The van der Waals surface area contributed by atoms with Crippen molar-refractivity contribution in [3.05, 3.63) is 53.7 Å². The summed E-state index contributed by atoms with van der Waals surface area (Å²) in [5, 5.41) is 3.35. The van der Waals surface area contributed by atoms with E-state index in [0.29, 0.717) is 12.5 Å². The summed E-state index contributed by atoms with van der Waals surface area (Å²) in [4.78, 5) is 8.87. The Morgan fingerprint density at radius 3 is 2.81 bits per heavy atom. The van der Waals surface area contributed by atoms with Gasteiger partial charge < -0.3 is 5.32 Å². The lowest BCUT2D eigenvalue weighted by Crippen LogP contribution is -2.28. The van der Waals surface area contributed by atoms with E-state index in [2.05, 4.69) is 29.1 Å². The van der Waals surface area contributed by atoms with Crippen molar-refractivity contribution in [1.82, 2.24) is 9.97 Å². The van der Waals surface area contributed by atoms with Crippen LogP contribution in [0.25, 0.3) is 0 Å². The molecular weight excluding hydrogens is 265 g/mol. The van der Waals surface area contributed by atoms with Crippen molar-refractivity contribution in [2.45, 2.75) is 38.0 Å². The van der Waals surface area contributed by atoms with Crippen LogP contribution in [0.3, 0.4) is 0 Å². The van der Waals surface area contributed by atoms with Crippen LogP contribution in [0, 0.1) is 5.82 Å². The summed E-state index contributed by atoms with van der Waals surface area (Å²) >= 11 is 0. The fourth-order valence-electron chi connectivity index (χ4n) is 2.33. The summed E-state index contributed by atoms with van der Waals surface area (Å²) in [7, 11) is 0. The van der Waals surface area contributed by atoms with Crippen molar-refractivity contribution in [2.75, 3.05) is 11.9 Å².